The molecule has 0 bridgehead atoms. The Labute approximate surface area is 58.4 Å². The third kappa shape index (κ3) is 4.83. The molecule has 0 rings (SSSR count). The summed E-state index contributed by atoms with van der Waals surface area (Å²) >= 11 is 0. The van der Waals surface area contributed by atoms with Gasteiger partial charge in [0.1, 0.15) is 13.2 Å². The van der Waals surface area contributed by atoms with E-state index in [2.05, 4.69) is 16.1 Å². The van der Waals surface area contributed by atoms with Gasteiger partial charge in [-0.1, -0.05) is 6.58 Å². The molecule has 0 aromatic rings. The predicted molar refractivity (Wildman–Crippen MR) is 33.2 cm³/mol. The summed E-state index contributed by atoms with van der Waals surface area (Å²) in [7, 11) is 0. The van der Waals surface area contributed by atoms with Crippen molar-refractivity contribution in [1.29, 1.82) is 0 Å². The van der Waals surface area contributed by atoms with Crippen LogP contribution in [0.1, 0.15) is 0 Å². The van der Waals surface area contributed by atoms with Crippen LogP contribution in [0.3, 0.4) is 0 Å². The molecule has 0 radical (unpaired) electrons. The lowest BCUT2D eigenvalue weighted by Crippen LogP contribution is -2.02. The summed E-state index contributed by atoms with van der Waals surface area (Å²) in [6.45, 7) is 4.27. The van der Waals surface area contributed by atoms with E-state index in [0.717, 1.165) is 0 Å². The number of carbonyl (C=O) groups excluding carboxylic acids is 2. The monoisotopic (exact) mass is 144 g/mol. The highest BCUT2D eigenvalue weighted by atomic mass is 16.5. The summed E-state index contributed by atoms with van der Waals surface area (Å²) in [6.07, 6.45) is 0. The van der Waals surface area contributed by atoms with Crippen molar-refractivity contribution in [2.45, 2.75) is 0 Å². The van der Waals surface area contributed by atoms with Crippen molar-refractivity contribution in [3.8, 4) is 0 Å². The van der Waals surface area contributed by atoms with Crippen molar-refractivity contribution in [1.82, 2.24) is 0 Å². The van der Waals surface area contributed by atoms with E-state index in [1.165, 1.54) is 0 Å². The molecule has 0 saturated heterocycles. The lowest BCUT2D eigenvalue weighted by atomic mass is 10.3. The fourth-order valence-corrected chi connectivity index (χ4v) is 0.345. The average Bonchev–Trinajstić information content (AvgIpc) is 1.97. The highest BCUT2D eigenvalue weighted by Crippen LogP contribution is 1.89. The predicted octanol–water partition coefficient (Wildman–Crippen LogP) is -0.111. The molecule has 0 saturated carbocycles. The van der Waals surface area contributed by atoms with Crippen LogP contribution in [0.15, 0.2) is 12.2 Å². The Balaban J connectivity index is 3.24. The lowest BCUT2D eigenvalue weighted by Gasteiger charge is -2.00. The molecule has 0 aromatic carbocycles. The second kappa shape index (κ2) is 5.81. The van der Waals surface area contributed by atoms with Gasteiger partial charge in [0.25, 0.3) is 12.9 Å². The van der Waals surface area contributed by atoms with E-state index in [0.29, 0.717) is 18.5 Å². The van der Waals surface area contributed by atoms with Gasteiger partial charge in [-0.05, 0) is 5.57 Å². The minimum atomic E-state index is 0.0946. The SMILES string of the molecule is C=C(COC=O)COC=O. The van der Waals surface area contributed by atoms with Crippen molar-refractivity contribution in [2.75, 3.05) is 13.2 Å². The van der Waals surface area contributed by atoms with Crippen molar-refractivity contribution in [3.63, 3.8) is 0 Å². The van der Waals surface area contributed by atoms with Crippen molar-refractivity contribution < 1.29 is 19.1 Å². The van der Waals surface area contributed by atoms with E-state index in [9.17, 15) is 9.59 Å². The van der Waals surface area contributed by atoms with Crippen LogP contribution in [-0.2, 0) is 19.1 Å². The molecule has 0 fully saturated rings. The molecule has 0 unspecified atom stereocenters. The van der Waals surface area contributed by atoms with E-state index < -0.39 is 0 Å². The molecule has 4 heteroatoms. The first-order valence-electron chi connectivity index (χ1n) is 2.58. The molecule has 0 spiro atoms. The van der Waals surface area contributed by atoms with Gasteiger partial charge in [-0.2, -0.15) is 0 Å². The van der Waals surface area contributed by atoms with E-state index in [1.54, 1.807) is 0 Å². The van der Waals surface area contributed by atoms with Gasteiger partial charge in [0.05, 0.1) is 0 Å². The standard InChI is InChI=1S/C6H8O4/c1-6(2-9-4-7)3-10-5-8/h4-5H,1-3H2. The number of rotatable bonds is 6. The third-order valence-corrected chi connectivity index (χ3v) is 0.711. The van der Waals surface area contributed by atoms with Crippen LogP contribution >= 0.6 is 0 Å². The van der Waals surface area contributed by atoms with Gasteiger partial charge in [0.15, 0.2) is 0 Å². The van der Waals surface area contributed by atoms with Crippen molar-refractivity contribution in [2.24, 2.45) is 0 Å². The van der Waals surface area contributed by atoms with Gasteiger partial charge in [0, 0.05) is 0 Å². The van der Waals surface area contributed by atoms with Crippen LogP contribution < -0.4 is 0 Å². The van der Waals surface area contributed by atoms with Crippen molar-refractivity contribution >= 4 is 12.9 Å². The topological polar surface area (TPSA) is 52.6 Å². The van der Waals surface area contributed by atoms with Crippen LogP contribution in [0.2, 0.25) is 0 Å². The summed E-state index contributed by atoms with van der Waals surface area (Å²) in [5, 5.41) is 0. The second-order valence-corrected chi connectivity index (χ2v) is 1.56. The van der Waals surface area contributed by atoms with E-state index >= 15 is 0 Å². The molecule has 4 nitrogen and oxygen atoms in total. The maximum atomic E-state index is 9.61. The number of hydrogen-bond donors (Lipinski definition) is 0. The average molecular weight is 144 g/mol. The smallest absolute Gasteiger partial charge is 0.293 e. The first-order chi connectivity index (χ1) is 4.81. The van der Waals surface area contributed by atoms with E-state index in [1.807, 2.05) is 0 Å². The van der Waals surface area contributed by atoms with Gasteiger partial charge in [-0.25, -0.2) is 0 Å². The van der Waals surface area contributed by atoms with Crippen LogP contribution in [0.5, 0.6) is 0 Å². The van der Waals surface area contributed by atoms with Gasteiger partial charge in [-0.3, -0.25) is 9.59 Å². The fraction of sp³-hybridized carbons (Fsp3) is 0.333. The van der Waals surface area contributed by atoms with Crippen LogP contribution in [0.4, 0.5) is 0 Å². The summed E-state index contributed by atoms with van der Waals surface area (Å²) in [6, 6.07) is 0. The molecule has 0 aliphatic heterocycles. The Bertz CT molecular complexity index is 116. The molecule has 0 aliphatic rings. The largest absolute Gasteiger partial charge is 0.463 e. The van der Waals surface area contributed by atoms with Crippen LogP contribution in [0.25, 0.3) is 0 Å². The molecular formula is C6H8O4. The molecular weight excluding hydrogens is 136 g/mol. The maximum absolute atomic E-state index is 9.61. The zero-order valence-electron chi connectivity index (χ0n) is 5.41. The zero-order valence-corrected chi connectivity index (χ0v) is 5.41. The molecule has 0 aromatic heterocycles. The Morgan fingerprint density at radius 1 is 1.20 bits per heavy atom. The summed E-state index contributed by atoms with van der Waals surface area (Å²) in [5.74, 6) is 0. The summed E-state index contributed by atoms with van der Waals surface area (Å²) in [5.41, 5.74) is 0.541. The fourth-order valence-electron chi connectivity index (χ4n) is 0.345. The van der Waals surface area contributed by atoms with Gasteiger partial charge in [-0.15, -0.1) is 0 Å². The Morgan fingerprint density at radius 3 is 1.90 bits per heavy atom. The number of ether oxygens (including phenoxy) is 2. The molecule has 0 amide bonds. The van der Waals surface area contributed by atoms with E-state index in [-0.39, 0.29) is 13.2 Å². The van der Waals surface area contributed by atoms with Crippen LogP contribution in [0, 0.1) is 0 Å². The van der Waals surface area contributed by atoms with Crippen LogP contribution in [-0.4, -0.2) is 26.2 Å². The zero-order chi connectivity index (χ0) is 7.82. The minimum Gasteiger partial charge on any atom is -0.463 e. The lowest BCUT2D eigenvalue weighted by molar-refractivity contribution is -0.128. The highest BCUT2D eigenvalue weighted by Gasteiger charge is 1.92. The molecule has 0 aliphatic carbocycles. The first kappa shape index (κ1) is 8.68. The third-order valence-electron chi connectivity index (χ3n) is 0.711. The molecule has 56 valence electrons. The Kier molecular flexibility index (Phi) is 5.04. The molecule has 10 heavy (non-hydrogen) atoms. The first-order valence-corrected chi connectivity index (χ1v) is 2.58. The molecule has 0 N–H and O–H groups in total. The number of hydrogen-bond acceptors (Lipinski definition) is 4. The normalized spacial score (nSPS) is 8.00. The Hall–Kier alpha value is -1.32. The van der Waals surface area contributed by atoms with Crippen molar-refractivity contribution in [3.05, 3.63) is 12.2 Å². The summed E-state index contributed by atoms with van der Waals surface area (Å²) < 4.78 is 8.63. The summed E-state index contributed by atoms with van der Waals surface area (Å²) in [4.78, 5) is 19.2. The maximum Gasteiger partial charge on any atom is 0.293 e. The molecule has 0 atom stereocenters. The minimum absolute atomic E-state index is 0.0946. The quantitative estimate of drug-likeness (QED) is 0.385. The number of carbonyl (C=O) groups is 2. The highest BCUT2D eigenvalue weighted by molar-refractivity contribution is 5.38. The Morgan fingerprint density at radius 2 is 1.60 bits per heavy atom. The second-order valence-electron chi connectivity index (χ2n) is 1.56. The van der Waals surface area contributed by atoms with Gasteiger partial charge in [0.2, 0.25) is 0 Å². The molecule has 0 heterocycles. The van der Waals surface area contributed by atoms with Gasteiger partial charge >= 0.3 is 0 Å². The van der Waals surface area contributed by atoms with Gasteiger partial charge < -0.3 is 9.47 Å². The van der Waals surface area contributed by atoms with E-state index in [4.69, 9.17) is 0 Å².